The summed E-state index contributed by atoms with van der Waals surface area (Å²) in [5, 5.41) is 22.6. The van der Waals surface area contributed by atoms with Gasteiger partial charge < -0.3 is 29.2 Å². The second-order valence-corrected chi connectivity index (χ2v) is 14.3. The first-order valence-corrected chi connectivity index (χ1v) is 17.9. The first-order valence-electron chi connectivity index (χ1n) is 15.5. The molecular weight excluding hydrogens is 581 g/mol. The minimum absolute atomic E-state index is 0.0200. The van der Waals surface area contributed by atoms with E-state index >= 15 is 0 Å². The lowest BCUT2D eigenvalue weighted by atomic mass is 9.75. The minimum atomic E-state index is -0.422. The lowest BCUT2D eigenvalue weighted by Gasteiger charge is -2.30. The standard InChI is InChI=1S/C35H56O6S2/c1-10-11-12-25(3)40-21-28-17-31(16-27(33(28)36)15-24(2)20-39-8)35(5,6)32-18-29(22-41-26(4)42-9)34(37)30(19-32)23-43-14-13-38-7/h16-19,24-26,36-37H,10-15,20-23H2,1-9H3. The molecule has 0 bridgehead atoms. The Morgan fingerprint density at radius 1 is 0.837 bits per heavy atom. The Morgan fingerprint density at radius 3 is 2.00 bits per heavy atom. The molecule has 244 valence electrons. The molecule has 0 aliphatic heterocycles. The number of benzene rings is 2. The summed E-state index contributed by atoms with van der Waals surface area (Å²) in [5.74, 6) is 2.38. The molecule has 0 saturated carbocycles. The van der Waals surface area contributed by atoms with Crippen molar-refractivity contribution >= 4 is 23.5 Å². The maximum absolute atomic E-state index is 11.4. The molecule has 0 fully saturated rings. The van der Waals surface area contributed by atoms with Gasteiger partial charge >= 0.3 is 0 Å². The number of rotatable bonds is 21. The van der Waals surface area contributed by atoms with Gasteiger partial charge in [-0.15, -0.1) is 11.8 Å². The molecule has 0 amide bonds. The lowest BCUT2D eigenvalue weighted by Crippen LogP contribution is -2.21. The SMILES string of the molecule is CCCCC(C)OCc1cc(C(C)(C)c2cc(COC(C)SC)c(O)c(CSCCOC)c2)cc(CC(C)COC)c1O. The van der Waals surface area contributed by atoms with E-state index in [9.17, 15) is 10.2 Å². The molecule has 0 spiro atoms. The van der Waals surface area contributed by atoms with E-state index in [4.69, 9.17) is 18.9 Å². The normalized spacial score (nSPS) is 14.2. The Labute approximate surface area is 269 Å². The number of phenolic OH excluding ortho intramolecular Hbond substituents is 2. The topological polar surface area (TPSA) is 77.4 Å². The summed E-state index contributed by atoms with van der Waals surface area (Å²) in [6.07, 6.45) is 6.09. The second-order valence-electron chi connectivity index (χ2n) is 12.1. The third-order valence-corrected chi connectivity index (χ3v) is 9.75. The zero-order valence-electron chi connectivity index (χ0n) is 28.0. The molecule has 2 aromatic carbocycles. The van der Waals surface area contributed by atoms with Crippen molar-refractivity contribution < 1.29 is 29.2 Å². The molecule has 0 aromatic heterocycles. The highest BCUT2D eigenvalue weighted by molar-refractivity contribution is 7.99. The van der Waals surface area contributed by atoms with Crippen molar-refractivity contribution in [1.82, 2.24) is 0 Å². The van der Waals surface area contributed by atoms with E-state index < -0.39 is 5.41 Å². The van der Waals surface area contributed by atoms with E-state index in [1.165, 1.54) is 0 Å². The van der Waals surface area contributed by atoms with Gasteiger partial charge in [-0.3, -0.25) is 0 Å². The summed E-state index contributed by atoms with van der Waals surface area (Å²) < 4.78 is 22.9. The van der Waals surface area contributed by atoms with Crippen LogP contribution in [-0.4, -0.2) is 61.2 Å². The molecule has 0 radical (unpaired) electrons. The maximum Gasteiger partial charge on any atom is 0.125 e. The quantitative estimate of drug-likeness (QED) is 0.104. The van der Waals surface area contributed by atoms with E-state index in [0.29, 0.717) is 50.1 Å². The van der Waals surface area contributed by atoms with Gasteiger partial charge in [0.05, 0.1) is 25.9 Å². The summed E-state index contributed by atoms with van der Waals surface area (Å²) >= 11 is 3.38. The van der Waals surface area contributed by atoms with Crippen LogP contribution in [0.3, 0.4) is 0 Å². The molecule has 2 rings (SSSR count). The highest BCUT2D eigenvalue weighted by atomic mass is 32.2. The van der Waals surface area contributed by atoms with Crippen molar-refractivity contribution in [3.63, 3.8) is 0 Å². The first kappa shape index (κ1) is 37.8. The average Bonchev–Trinajstić information content (AvgIpc) is 2.98. The van der Waals surface area contributed by atoms with Gasteiger partial charge in [-0.2, -0.15) is 11.8 Å². The highest BCUT2D eigenvalue weighted by Crippen LogP contribution is 2.40. The van der Waals surface area contributed by atoms with Gasteiger partial charge in [-0.1, -0.05) is 52.7 Å². The molecular formula is C35H56O6S2. The van der Waals surface area contributed by atoms with Crippen LogP contribution in [-0.2, 0) is 49.7 Å². The van der Waals surface area contributed by atoms with E-state index in [-0.39, 0.29) is 17.5 Å². The maximum atomic E-state index is 11.4. The Balaban J connectivity index is 2.58. The van der Waals surface area contributed by atoms with E-state index in [1.807, 2.05) is 13.2 Å². The minimum Gasteiger partial charge on any atom is -0.507 e. The summed E-state index contributed by atoms with van der Waals surface area (Å²) in [4.78, 5) is 0. The molecule has 0 heterocycles. The Kier molecular flexibility index (Phi) is 16.8. The number of thioether (sulfide) groups is 2. The van der Waals surface area contributed by atoms with Crippen LogP contribution in [0.5, 0.6) is 11.5 Å². The van der Waals surface area contributed by atoms with Gasteiger partial charge in [0.25, 0.3) is 0 Å². The molecule has 8 heteroatoms. The molecule has 0 aliphatic carbocycles. The summed E-state index contributed by atoms with van der Waals surface area (Å²) in [6, 6.07) is 8.43. The largest absolute Gasteiger partial charge is 0.507 e. The fourth-order valence-electron chi connectivity index (χ4n) is 5.02. The van der Waals surface area contributed by atoms with Crippen LogP contribution in [0.1, 0.15) is 94.2 Å². The predicted molar refractivity (Wildman–Crippen MR) is 183 cm³/mol. The number of ether oxygens (including phenoxy) is 4. The zero-order valence-corrected chi connectivity index (χ0v) is 29.6. The third-order valence-electron chi connectivity index (χ3n) is 7.98. The molecule has 2 N–H and O–H groups in total. The van der Waals surface area contributed by atoms with Crippen molar-refractivity contribution in [2.24, 2.45) is 5.92 Å². The predicted octanol–water partition coefficient (Wildman–Crippen LogP) is 8.45. The summed E-state index contributed by atoms with van der Waals surface area (Å²) in [5.41, 5.74) is 5.17. The number of phenols is 2. The number of unbranched alkanes of at least 4 members (excludes halogenated alkanes) is 1. The molecule has 3 unspecified atom stereocenters. The Morgan fingerprint density at radius 2 is 1.42 bits per heavy atom. The smallest absolute Gasteiger partial charge is 0.125 e. The van der Waals surface area contributed by atoms with E-state index in [1.54, 1.807) is 37.7 Å². The summed E-state index contributed by atoms with van der Waals surface area (Å²) in [6.45, 7) is 14.8. The van der Waals surface area contributed by atoms with Gasteiger partial charge in [0.1, 0.15) is 16.9 Å². The fraction of sp³-hybridized carbons (Fsp3) is 0.657. The van der Waals surface area contributed by atoms with Crippen LogP contribution in [0.25, 0.3) is 0 Å². The molecule has 0 saturated heterocycles. The Hall–Kier alpha value is -1.42. The monoisotopic (exact) mass is 636 g/mol. The van der Waals surface area contributed by atoms with Crippen molar-refractivity contribution in [1.29, 1.82) is 0 Å². The molecule has 2 aromatic rings. The van der Waals surface area contributed by atoms with Crippen LogP contribution >= 0.6 is 23.5 Å². The Bertz CT molecular complexity index is 1110. The summed E-state index contributed by atoms with van der Waals surface area (Å²) in [7, 11) is 3.42. The average molecular weight is 637 g/mol. The number of aromatic hydroxyl groups is 2. The second kappa shape index (κ2) is 19.2. The number of hydrogen-bond donors (Lipinski definition) is 2. The van der Waals surface area contributed by atoms with Crippen molar-refractivity contribution in [3.05, 3.63) is 57.6 Å². The van der Waals surface area contributed by atoms with Gasteiger partial charge in [0, 0.05) is 54.4 Å². The molecule has 43 heavy (non-hydrogen) atoms. The number of hydrogen-bond acceptors (Lipinski definition) is 8. The van der Waals surface area contributed by atoms with Crippen LogP contribution in [0, 0.1) is 5.92 Å². The van der Waals surface area contributed by atoms with Crippen LogP contribution < -0.4 is 0 Å². The third kappa shape index (κ3) is 11.8. The van der Waals surface area contributed by atoms with Crippen LogP contribution in [0.2, 0.25) is 0 Å². The zero-order chi connectivity index (χ0) is 32.0. The molecule has 6 nitrogen and oxygen atoms in total. The highest BCUT2D eigenvalue weighted by Gasteiger charge is 2.28. The molecule has 0 aliphatic rings. The van der Waals surface area contributed by atoms with Gasteiger partial charge in [-0.05, 0) is 67.7 Å². The van der Waals surface area contributed by atoms with Crippen molar-refractivity contribution in [2.45, 2.75) is 103 Å². The molecule has 3 atom stereocenters. The van der Waals surface area contributed by atoms with Crippen LogP contribution in [0.15, 0.2) is 24.3 Å². The van der Waals surface area contributed by atoms with Gasteiger partial charge in [-0.25, -0.2) is 0 Å². The van der Waals surface area contributed by atoms with E-state index in [2.05, 4.69) is 58.9 Å². The number of methoxy groups -OCH3 is 2. The first-order chi connectivity index (χ1) is 20.5. The fourth-order valence-corrected chi connectivity index (χ4v) is 6.09. The van der Waals surface area contributed by atoms with Gasteiger partial charge in [0.15, 0.2) is 0 Å². The lowest BCUT2D eigenvalue weighted by molar-refractivity contribution is 0.0450. The van der Waals surface area contributed by atoms with Crippen LogP contribution in [0.4, 0.5) is 0 Å². The van der Waals surface area contributed by atoms with Crippen molar-refractivity contribution in [2.75, 3.05) is 39.4 Å². The van der Waals surface area contributed by atoms with Crippen molar-refractivity contribution in [3.8, 4) is 11.5 Å². The van der Waals surface area contributed by atoms with E-state index in [0.717, 1.165) is 58.4 Å². The van der Waals surface area contributed by atoms with Gasteiger partial charge in [0.2, 0.25) is 0 Å².